The number of hydrogen-bond donors (Lipinski definition) is 2. The molecule has 2 heterocycles. The third-order valence-electron chi connectivity index (χ3n) is 2.90. The number of hydrogen-bond acceptors (Lipinski definition) is 3. The van der Waals surface area contributed by atoms with E-state index in [0.29, 0.717) is 12.2 Å². The Morgan fingerprint density at radius 2 is 2.12 bits per heavy atom. The fourth-order valence-electron chi connectivity index (χ4n) is 1.95. The highest BCUT2D eigenvalue weighted by Crippen LogP contribution is 2.06. The number of β-amino-alcohol motifs (C(OH)–C–C–N with tert-alkyl or cyclic N) is 1. The molecule has 1 aliphatic rings. The molecule has 0 atom stereocenters. The zero-order valence-electron chi connectivity index (χ0n) is 9.22. The van der Waals surface area contributed by atoms with E-state index in [-0.39, 0.29) is 12.5 Å². The van der Waals surface area contributed by atoms with Crippen LogP contribution in [0.25, 0.3) is 0 Å². The van der Waals surface area contributed by atoms with Crippen LogP contribution < -0.4 is 0 Å². The number of carbonyl (C=O) groups excluding carboxylic acids is 1. The number of aromatic nitrogens is 1. The summed E-state index contributed by atoms with van der Waals surface area (Å²) in [5.74, 6) is 0.0636. The van der Waals surface area contributed by atoms with E-state index in [4.69, 9.17) is 5.11 Å². The molecule has 1 saturated heterocycles. The fraction of sp³-hybridized carbons (Fsp3) is 0.545. The summed E-state index contributed by atoms with van der Waals surface area (Å²) >= 11 is 0. The van der Waals surface area contributed by atoms with Gasteiger partial charge in [-0.3, -0.25) is 9.69 Å². The van der Waals surface area contributed by atoms with Crippen LogP contribution in [-0.4, -0.2) is 65.1 Å². The Hall–Kier alpha value is -1.33. The van der Waals surface area contributed by atoms with Crippen LogP contribution in [0, 0.1) is 0 Å². The van der Waals surface area contributed by atoms with E-state index < -0.39 is 0 Å². The van der Waals surface area contributed by atoms with Crippen LogP contribution in [0.5, 0.6) is 0 Å². The van der Waals surface area contributed by atoms with Crippen molar-refractivity contribution < 1.29 is 9.90 Å². The van der Waals surface area contributed by atoms with Crippen molar-refractivity contribution in [2.24, 2.45) is 0 Å². The molecule has 0 spiro atoms. The first kappa shape index (κ1) is 11.2. The first-order valence-electron chi connectivity index (χ1n) is 5.57. The molecule has 0 aromatic carbocycles. The van der Waals surface area contributed by atoms with Crippen molar-refractivity contribution in [3.8, 4) is 0 Å². The minimum absolute atomic E-state index is 0.0636. The Morgan fingerprint density at radius 1 is 1.38 bits per heavy atom. The lowest BCUT2D eigenvalue weighted by Gasteiger charge is -2.34. The third kappa shape index (κ3) is 2.43. The number of amides is 1. The zero-order chi connectivity index (χ0) is 11.4. The van der Waals surface area contributed by atoms with E-state index in [1.807, 2.05) is 11.0 Å². The first-order chi connectivity index (χ1) is 7.81. The molecule has 5 nitrogen and oxygen atoms in total. The first-order valence-corrected chi connectivity index (χ1v) is 5.57. The van der Waals surface area contributed by atoms with Gasteiger partial charge in [0.15, 0.2) is 0 Å². The second-order valence-corrected chi connectivity index (χ2v) is 3.94. The van der Waals surface area contributed by atoms with Crippen LogP contribution in [0.4, 0.5) is 0 Å². The molecule has 0 aliphatic carbocycles. The highest BCUT2D eigenvalue weighted by molar-refractivity contribution is 5.92. The van der Waals surface area contributed by atoms with Gasteiger partial charge in [0.05, 0.1) is 6.61 Å². The standard InChI is InChI=1S/C11H17N3O2/c15-9-8-13-4-6-14(7-5-13)11(16)10-2-1-3-12-10/h1-3,12,15H,4-9H2. The van der Waals surface area contributed by atoms with E-state index in [1.54, 1.807) is 12.3 Å². The van der Waals surface area contributed by atoms with Gasteiger partial charge in [-0.1, -0.05) is 0 Å². The number of nitrogens with zero attached hydrogens (tertiary/aromatic N) is 2. The molecule has 0 unspecified atom stereocenters. The molecule has 88 valence electrons. The summed E-state index contributed by atoms with van der Waals surface area (Å²) in [7, 11) is 0. The molecule has 2 N–H and O–H groups in total. The molecule has 1 aliphatic heterocycles. The fourth-order valence-corrected chi connectivity index (χ4v) is 1.95. The van der Waals surface area contributed by atoms with Gasteiger partial charge < -0.3 is 15.0 Å². The number of H-pyrrole nitrogens is 1. The highest BCUT2D eigenvalue weighted by Gasteiger charge is 2.21. The van der Waals surface area contributed by atoms with Gasteiger partial charge in [-0.2, -0.15) is 0 Å². The second kappa shape index (κ2) is 5.14. The number of nitrogens with one attached hydrogen (secondary N) is 1. The maximum absolute atomic E-state index is 12.0. The van der Waals surface area contributed by atoms with Gasteiger partial charge in [-0.25, -0.2) is 0 Å². The van der Waals surface area contributed by atoms with E-state index in [0.717, 1.165) is 26.2 Å². The number of aliphatic hydroxyl groups excluding tert-OH is 1. The molecule has 0 saturated carbocycles. The molecule has 1 amide bonds. The lowest BCUT2D eigenvalue weighted by atomic mass is 10.3. The van der Waals surface area contributed by atoms with Gasteiger partial charge >= 0.3 is 0 Å². The van der Waals surface area contributed by atoms with Crippen molar-refractivity contribution >= 4 is 5.91 Å². The van der Waals surface area contributed by atoms with Crippen LogP contribution >= 0.6 is 0 Å². The van der Waals surface area contributed by atoms with Gasteiger partial charge in [0.1, 0.15) is 5.69 Å². The lowest BCUT2D eigenvalue weighted by Crippen LogP contribution is -2.49. The van der Waals surface area contributed by atoms with E-state index in [1.165, 1.54) is 0 Å². The van der Waals surface area contributed by atoms with Crippen molar-refractivity contribution in [1.82, 2.24) is 14.8 Å². The Kier molecular flexibility index (Phi) is 3.58. The summed E-state index contributed by atoms with van der Waals surface area (Å²) in [6.07, 6.45) is 1.76. The molecule has 16 heavy (non-hydrogen) atoms. The van der Waals surface area contributed by atoms with Gasteiger partial charge in [-0.15, -0.1) is 0 Å². The summed E-state index contributed by atoms with van der Waals surface area (Å²) in [6, 6.07) is 3.62. The van der Waals surface area contributed by atoms with Crippen molar-refractivity contribution in [3.63, 3.8) is 0 Å². The molecule has 1 fully saturated rings. The van der Waals surface area contributed by atoms with Gasteiger partial charge in [0, 0.05) is 38.9 Å². The van der Waals surface area contributed by atoms with Crippen molar-refractivity contribution in [2.45, 2.75) is 0 Å². The Balaban J connectivity index is 1.87. The Morgan fingerprint density at radius 3 is 2.69 bits per heavy atom. The zero-order valence-corrected chi connectivity index (χ0v) is 9.22. The summed E-state index contributed by atoms with van der Waals surface area (Å²) in [4.78, 5) is 18.9. The van der Waals surface area contributed by atoms with E-state index >= 15 is 0 Å². The highest BCUT2D eigenvalue weighted by atomic mass is 16.3. The monoisotopic (exact) mass is 223 g/mol. The molecule has 0 radical (unpaired) electrons. The minimum Gasteiger partial charge on any atom is -0.395 e. The number of aliphatic hydroxyl groups is 1. The van der Waals surface area contributed by atoms with Gasteiger partial charge in [0.2, 0.25) is 0 Å². The average molecular weight is 223 g/mol. The average Bonchev–Trinajstić information content (AvgIpc) is 2.83. The second-order valence-electron chi connectivity index (χ2n) is 3.94. The molecule has 1 aromatic rings. The van der Waals surface area contributed by atoms with Crippen molar-refractivity contribution in [1.29, 1.82) is 0 Å². The smallest absolute Gasteiger partial charge is 0.270 e. The van der Waals surface area contributed by atoms with Crippen LogP contribution in [-0.2, 0) is 0 Å². The van der Waals surface area contributed by atoms with E-state index in [2.05, 4.69) is 9.88 Å². The molecule has 2 rings (SSSR count). The van der Waals surface area contributed by atoms with E-state index in [9.17, 15) is 4.79 Å². The van der Waals surface area contributed by atoms with Gasteiger partial charge in [0.25, 0.3) is 5.91 Å². The van der Waals surface area contributed by atoms with Crippen LogP contribution in [0.2, 0.25) is 0 Å². The quantitative estimate of drug-likeness (QED) is 0.744. The predicted octanol–water partition coefficient (Wildman–Crippen LogP) is -0.235. The number of carbonyl (C=O) groups is 1. The summed E-state index contributed by atoms with van der Waals surface area (Å²) in [5.41, 5.74) is 0.649. The molecule has 0 bridgehead atoms. The molecule has 1 aromatic heterocycles. The summed E-state index contributed by atoms with van der Waals surface area (Å²) in [6.45, 7) is 4.03. The van der Waals surface area contributed by atoms with Crippen LogP contribution in [0.15, 0.2) is 18.3 Å². The maximum Gasteiger partial charge on any atom is 0.270 e. The van der Waals surface area contributed by atoms with Gasteiger partial charge in [-0.05, 0) is 12.1 Å². The number of aromatic amines is 1. The largest absolute Gasteiger partial charge is 0.395 e. The Labute approximate surface area is 94.7 Å². The predicted molar refractivity (Wildman–Crippen MR) is 60.2 cm³/mol. The number of rotatable bonds is 3. The number of piperazine rings is 1. The van der Waals surface area contributed by atoms with Crippen LogP contribution in [0.1, 0.15) is 10.5 Å². The topological polar surface area (TPSA) is 59.6 Å². The lowest BCUT2D eigenvalue weighted by molar-refractivity contribution is 0.0610. The van der Waals surface area contributed by atoms with Crippen molar-refractivity contribution in [2.75, 3.05) is 39.3 Å². The molecular formula is C11H17N3O2. The Bertz CT molecular complexity index is 329. The molecule has 5 heteroatoms. The van der Waals surface area contributed by atoms with Crippen LogP contribution in [0.3, 0.4) is 0 Å². The maximum atomic E-state index is 12.0. The normalized spacial score (nSPS) is 17.7. The molecular weight excluding hydrogens is 206 g/mol. The summed E-state index contributed by atoms with van der Waals surface area (Å²) < 4.78 is 0. The SMILES string of the molecule is O=C(c1ccc[nH]1)N1CCN(CCO)CC1. The third-order valence-corrected chi connectivity index (χ3v) is 2.90. The van der Waals surface area contributed by atoms with Crippen molar-refractivity contribution in [3.05, 3.63) is 24.0 Å². The minimum atomic E-state index is 0.0636. The summed E-state index contributed by atoms with van der Waals surface area (Å²) in [5, 5.41) is 8.82.